The molecule has 2 aromatic rings. The van der Waals surface area contributed by atoms with Crippen molar-refractivity contribution in [1.82, 2.24) is 19.8 Å². The van der Waals surface area contributed by atoms with Crippen LogP contribution in [-0.4, -0.2) is 64.2 Å². The van der Waals surface area contributed by atoms with E-state index in [-0.39, 0.29) is 16.7 Å². The fourth-order valence-corrected chi connectivity index (χ4v) is 5.05. The van der Waals surface area contributed by atoms with E-state index in [1.54, 1.807) is 11.3 Å². The number of fused-ring (bicyclic) bond motifs is 1. The number of thiophene rings is 1. The molecular weight excluding hydrogens is 368 g/mol. The summed E-state index contributed by atoms with van der Waals surface area (Å²) in [6.45, 7) is 9.48. The van der Waals surface area contributed by atoms with Crippen LogP contribution in [0.2, 0.25) is 0 Å². The lowest BCUT2D eigenvalue weighted by atomic mass is 10.2. The zero-order chi connectivity index (χ0) is 18.8. The van der Waals surface area contributed by atoms with Gasteiger partial charge in [0.05, 0.1) is 16.4 Å². The fraction of sp³-hybridized carbons (Fsp3) is 0.611. The Morgan fingerprint density at radius 2 is 2.08 bits per heavy atom. The van der Waals surface area contributed by atoms with E-state index in [0.717, 1.165) is 47.9 Å². The lowest BCUT2D eigenvalue weighted by Gasteiger charge is -2.23. The zero-order valence-electron chi connectivity index (χ0n) is 15.8. The molecule has 0 bridgehead atoms. The number of hydrogen-bond donors (Lipinski definition) is 1. The number of H-pyrrole nitrogens is 1. The van der Waals surface area contributed by atoms with E-state index < -0.39 is 0 Å². The lowest BCUT2D eigenvalue weighted by Crippen LogP contribution is -2.39. The van der Waals surface area contributed by atoms with Crippen LogP contribution in [0.5, 0.6) is 0 Å². The predicted molar refractivity (Wildman–Crippen MR) is 109 cm³/mol. The van der Waals surface area contributed by atoms with Crippen LogP contribution in [0.15, 0.2) is 4.79 Å². The Balaban J connectivity index is 1.65. The largest absolute Gasteiger partial charge is 0.340 e. The number of carbonyl (C=O) groups excluding carboxylic acids is 1. The Labute approximate surface area is 162 Å². The van der Waals surface area contributed by atoms with Crippen molar-refractivity contribution >= 4 is 39.2 Å². The summed E-state index contributed by atoms with van der Waals surface area (Å²) in [6, 6.07) is 0. The first-order valence-electron chi connectivity index (χ1n) is 8.94. The number of aromatic nitrogens is 2. The average Bonchev–Trinajstić information content (AvgIpc) is 2.76. The van der Waals surface area contributed by atoms with Crippen molar-refractivity contribution in [3.05, 3.63) is 26.6 Å². The third-order valence-electron chi connectivity index (χ3n) is 4.94. The number of aryl methyl sites for hydroxylation is 2. The maximum absolute atomic E-state index is 12.7. The third kappa shape index (κ3) is 4.13. The van der Waals surface area contributed by atoms with Crippen LogP contribution in [0.4, 0.5) is 0 Å². The molecule has 26 heavy (non-hydrogen) atoms. The Hall–Kier alpha value is -1.38. The monoisotopic (exact) mass is 394 g/mol. The van der Waals surface area contributed by atoms with Crippen LogP contribution in [0.1, 0.15) is 29.6 Å². The molecule has 0 aromatic carbocycles. The quantitative estimate of drug-likeness (QED) is 0.862. The molecule has 0 saturated carbocycles. The van der Waals surface area contributed by atoms with E-state index in [1.807, 2.05) is 25.7 Å². The number of nitrogens with one attached hydrogen (secondary N) is 1. The summed E-state index contributed by atoms with van der Waals surface area (Å²) < 4.78 is 0. The molecule has 1 amide bonds. The van der Waals surface area contributed by atoms with E-state index in [0.29, 0.717) is 17.0 Å². The highest BCUT2D eigenvalue weighted by Crippen LogP contribution is 2.26. The molecule has 1 N–H and O–H groups in total. The predicted octanol–water partition coefficient (Wildman–Crippen LogP) is 2.39. The molecule has 3 heterocycles. The van der Waals surface area contributed by atoms with Crippen LogP contribution < -0.4 is 5.56 Å². The first kappa shape index (κ1) is 19.4. The number of hydrogen-bond acceptors (Lipinski definition) is 6. The lowest BCUT2D eigenvalue weighted by molar-refractivity contribution is -0.130. The second-order valence-electron chi connectivity index (χ2n) is 6.91. The standard InChI is InChI=1S/C18H26N4O2S2/c1-11-12(2)26-17-15(11)16(23)19-14(20-17)10-25-13(3)18(24)22-7-5-6-21(4)8-9-22/h13H,5-10H2,1-4H3,(H,19,20,23). The Morgan fingerprint density at radius 3 is 2.85 bits per heavy atom. The van der Waals surface area contributed by atoms with Gasteiger partial charge < -0.3 is 14.8 Å². The van der Waals surface area contributed by atoms with Crippen LogP contribution in [0, 0.1) is 13.8 Å². The van der Waals surface area contributed by atoms with Gasteiger partial charge in [-0.3, -0.25) is 9.59 Å². The van der Waals surface area contributed by atoms with Gasteiger partial charge in [0.2, 0.25) is 5.91 Å². The van der Waals surface area contributed by atoms with E-state index in [4.69, 9.17) is 0 Å². The molecule has 3 rings (SSSR count). The minimum absolute atomic E-state index is 0.0815. The summed E-state index contributed by atoms with van der Waals surface area (Å²) in [5, 5.41) is 0.547. The van der Waals surface area contributed by atoms with Gasteiger partial charge >= 0.3 is 0 Å². The van der Waals surface area contributed by atoms with Crippen molar-refractivity contribution < 1.29 is 4.79 Å². The minimum atomic E-state index is -0.147. The molecule has 2 aromatic heterocycles. The number of amides is 1. The second-order valence-corrected chi connectivity index (χ2v) is 9.44. The van der Waals surface area contributed by atoms with Gasteiger partial charge in [-0.2, -0.15) is 0 Å². The Bertz CT molecular complexity index is 861. The highest BCUT2D eigenvalue weighted by molar-refractivity contribution is 7.99. The van der Waals surface area contributed by atoms with Gasteiger partial charge in [-0.05, 0) is 46.3 Å². The van der Waals surface area contributed by atoms with Gasteiger partial charge in [0, 0.05) is 24.5 Å². The van der Waals surface area contributed by atoms with Crippen molar-refractivity contribution in [2.24, 2.45) is 0 Å². The topological polar surface area (TPSA) is 69.3 Å². The van der Waals surface area contributed by atoms with Gasteiger partial charge in [-0.25, -0.2) is 4.98 Å². The SMILES string of the molecule is Cc1sc2nc(CSC(C)C(=O)N3CCCN(C)CC3)[nH]c(=O)c2c1C. The zero-order valence-corrected chi connectivity index (χ0v) is 17.4. The smallest absolute Gasteiger partial charge is 0.259 e. The molecular formula is C18H26N4O2S2. The Morgan fingerprint density at radius 1 is 1.31 bits per heavy atom. The molecule has 1 aliphatic heterocycles. The summed E-state index contributed by atoms with van der Waals surface area (Å²) in [6.07, 6.45) is 1.02. The summed E-state index contributed by atoms with van der Waals surface area (Å²) in [4.78, 5) is 38.7. The van der Waals surface area contributed by atoms with E-state index in [1.165, 1.54) is 11.8 Å². The molecule has 0 spiro atoms. The van der Waals surface area contributed by atoms with Crippen LogP contribution in [0.3, 0.4) is 0 Å². The summed E-state index contributed by atoms with van der Waals surface area (Å²) in [7, 11) is 2.10. The number of aromatic amines is 1. The average molecular weight is 395 g/mol. The van der Waals surface area contributed by atoms with Crippen LogP contribution in [-0.2, 0) is 10.5 Å². The van der Waals surface area contributed by atoms with Crippen molar-refractivity contribution in [3.8, 4) is 0 Å². The van der Waals surface area contributed by atoms with Crippen LogP contribution in [0.25, 0.3) is 10.2 Å². The minimum Gasteiger partial charge on any atom is -0.340 e. The van der Waals surface area contributed by atoms with E-state index >= 15 is 0 Å². The van der Waals surface area contributed by atoms with Gasteiger partial charge in [0.15, 0.2) is 0 Å². The molecule has 1 atom stereocenters. The molecule has 8 heteroatoms. The van der Waals surface area contributed by atoms with E-state index in [2.05, 4.69) is 21.9 Å². The normalized spacial score (nSPS) is 17.5. The molecule has 142 valence electrons. The number of rotatable bonds is 4. The maximum Gasteiger partial charge on any atom is 0.259 e. The second kappa shape index (κ2) is 8.10. The third-order valence-corrected chi connectivity index (χ3v) is 7.18. The molecule has 1 saturated heterocycles. The van der Waals surface area contributed by atoms with Gasteiger partial charge in [-0.15, -0.1) is 23.1 Å². The first-order valence-corrected chi connectivity index (χ1v) is 10.8. The molecule has 1 fully saturated rings. The highest BCUT2D eigenvalue weighted by atomic mass is 32.2. The van der Waals surface area contributed by atoms with Crippen molar-refractivity contribution in [2.45, 2.75) is 38.2 Å². The first-order chi connectivity index (χ1) is 12.4. The number of nitrogens with zero attached hydrogens (tertiary/aromatic N) is 3. The van der Waals surface area contributed by atoms with Gasteiger partial charge in [-0.1, -0.05) is 0 Å². The number of carbonyl (C=O) groups is 1. The van der Waals surface area contributed by atoms with Gasteiger partial charge in [0.25, 0.3) is 5.56 Å². The molecule has 6 nitrogen and oxygen atoms in total. The number of likely N-dealkylation sites (N-methyl/N-ethyl adjacent to an activating group) is 1. The van der Waals surface area contributed by atoms with E-state index in [9.17, 15) is 9.59 Å². The van der Waals surface area contributed by atoms with Crippen LogP contribution >= 0.6 is 23.1 Å². The molecule has 1 aliphatic rings. The van der Waals surface area contributed by atoms with Gasteiger partial charge in [0.1, 0.15) is 10.7 Å². The fourth-order valence-electron chi connectivity index (χ4n) is 3.17. The van der Waals surface area contributed by atoms with Crippen molar-refractivity contribution in [2.75, 3.05) is 33.2 Å². The summed E-state index contributed by atoms with van der Waals surface area (Å²) in [5.41, 5.74) is 0.926. The number of thioether (sulfide) groups is 1. The highest BCUT2D eigenvalue weighted by Gasteiger charge is 2.23. The maximum atomic E-state index is 12.7. The molecule has 1 unspecified atom stereocenters. The summed E-state index contributed by atoms with van der Waals surface area (Å²) in [5.74, 6) is 1.35. The Kier molecular flexibility index (Phi) is 6.04. The summed E-state index contributed by atoms with van der Waals surface area (Å²) >= 11 is 3.09. The van der Waals surface area contributed by atoms with Crippen molar-refractivity contribution in [3.63, 3.8) is 0 Å². The molecule has 0 radical (unpaired) electrons. The van der Waals surface area contributed by atoms with Crippen molar-refractivity contribution in [1.29, 1.82) is 0 Å². The molecule has 0 aliphatic carbocycles.